The average molecular weight is 287 g/mol. The summed E-state index contributed by atoms with van der Waals surface area (Å²) in [4.78, 5) is 4.74. The van der Waals surface area contributed by atoms with E-state index in [-0.39, 0.29) is 0 Å². The number of imidazole rings is 1. The van der Waals surface area contributed by atoms with Gasteiger partial charge in [-0.1, -0.05) is 0 Å². The van der Waals surface area contributed by atoms with Gasteiger partial charge in [-0.25, -0.2) is 4.98 Å². The predicted molar refractivity (Wildman–Crippen MR) is 67.5 cm³/mol. The molecule has 3 heterocycles. The van der Waals surface area contributed by atoms with Crippen LogP contribution < -0.4 is 0 Å². The summed E-state index contributed by atoms with van der Waals surface area (Å²) in [6.45, 7) is 1.18. The molecule has 0 N–H and O–H groups in total. The van der Waals surface area contributed by atoms with Crippen LogP contribution in [0.3, 0.4) is 0 Å². The highest BCUT2D eigenvalue weighted by Gasteiger charge is 2.26. The Morgan fingerprint density at radius 3 is 3.13 bits per heavy atom. The molecular formula is C11H15BrN2S. The van der Waals surface area contributed by atoms with E-state index in [1.165, 1.54) is 55.3 Å². The zero-order valence-electron chi connectivity index (χ0n) is 8.71. The lowest BCUT2D eigenvalue weighted by Gasteiger charge is -2.18. The van der Waals surface area contributed by atoms with Gasteiger partial charge in [0.15, 0.2) is 0 Å². The van der Waals surface area contributed by atoms with Crippen LogP contribution in [0.15, 0.2) is 4.60 Å². The van der Waals surface area contributed by atoms with E-state index in [0.29, 0.717) is 5.92 Å². The van der Waals surface area contributed by atoms with Gasteiger partial charge in [-0.15, -0.1) is 0 Å². The molecule has 2 aliphatic heterocycles. The Kier molecular flexibility index (Phi) is 2.81. The first-order valence-electron chi connectivity index (χ1n) is 5.69. The van der Waals surface area contributed by atoms with Crippen molar-refractivity contribution in [2.45, 2.75) is 38.1 Å². The van der Waals surface area contributed by atoms with Crippen LogP contribution in [-0.2, 0) is 13.0 Å². The van der Waals surface area contributed by atoms with Crippen molar-refractivity contribution in [1.82, 2.24) is 9.55 Å². The van der Waals surface area contributed by atoms with Crippen molar-refractivity contribution in [1.29, 1.82) is 0 Å². The second-order valence-corrected chi connectivity index (χ2v) is 6.28. The normalized spacial score (nSPS) is 25.5. The van der Waals surface area contributed by atoms with Crippen LogP contribution in [0, 0.1) is 0 Å². The van der Waals surface area contributed by atoms with Gasteiger partial charge in [0.25, 0.3) is 0 Å². The molecule has 15 heavy (non-hydrogen) atoms. The van der Waals surface area contributed by atoms with E-state index in [1.807, 2.05) is 0 Å². The maximum absolute atomic E-state index is 4.74. The summed E-state index contributed by atoms with van der Waals surface area (Å²) in [6.07, 6.45) is 5.16. The Balaban J connectivity index is 1.99. The Morgan fingerprint density at radius 1 is 1.40 bits per heavy atom. The molecule has 0 radical (unpaired) electrons. The summed E-state index contributed by atoms with van der Waals surface area (Å²) in [5, 5.41) is 0. The number of rotatable bonds is 1. The molecule has 1 unspecified atom stereocenters. The molecule has 0 aliphatic carbocycles. The van der Waals surface area contributed by atoms with E-state index in [0.717, 1.165) is 4.60 Å². The number of aromatic nitrogens is 2. The number of halogens is 1. The minimum atomic E-state index is 0.707. The van der Waals surface area contributed by atoms with Crippen LogP contribution in [-0.4, -0.2) is 21.1 Å². The highest BCUT2D eigenvalue weighted by Crippen LogP contribution is 2.35. The molecule has 1 aromatic heterocycles. The van der Waals surface area contributed by atoms with Crippen LogP contribution in [0.5, 0.6) is 0 Å². The van der Waals surface area contributed by atoms with Crippen molar-refractivity contribution in [3.8, 4) is 0 Å². The monoisotopic (exact) mass is 286 g/mol. The number of thioether (sulfide) groups is 1. The van der Waals surface area contributed by atoms with E-state index in [1.54, 1.807) is 0 Å². The van der Waals surface area contributed by atoms with Crippen molar-refractivity contribution in [2.75, 3.05) is 11.5 Å². The molecule has 4 heteroatoms. The quantitative estimate of drug-likeness (QED) is 0.789. The van der Waals surface area contributed by atoms with Crippen LogP contribution in [0.1, 0.15) is 36.7 Å². The van der Waals surface area contributed by atoms with E-state index in [2.05, 4.69) is 32.3 Å². The minimum Gasteiger partial charge on any atom is -0.331 e. The average Bonchev–Trinajstić information content (AvgIpc) is 2.87. The molecule has 0 aromatic carbocycles. The summed E-state index contributed by atoms with van der Waals surface area (Å²) in [6, 6.07) is 0. The number of hydrogen-bond donors (Lipinski definition) is 0. The molecule has 1 aromatic rings. The molecule has 1 saturated heterocycles. The second kappa shape index (κ2) is 4.13. The zero-order chi connectivity index (χ0) is 10.3. The van der Waals surface area contributed by atoms with Crippen LogP contribution in [0.4, 0.5) is 0 Å². The molecule has 0 saturated carbocycles. The van der Waals surface area contributed by atoms with Crippen LogP contribution in [0.25, 0.3) is 0 Å². The lowest BCUT2D eigenvalue weighted by molar-refractivity contribution is 0.499. The second-order valence-electron chi connectivity index (χ2n) is 4.38. The maximum Gasteiger partial charge on any atom is 0.127 e. The SMILES string of the molecule is Brc1nc(C2CCSC2)n2c1CCCC2. The van der Waals surface area contributed by atoms with Gasteiger partial charge in [-0.3, -0.25) is 0 Å². The van der Waals surface area contributed by atoms with Crippen LogP contribution in [0.2, 0.25) is 0 Å². The van der Waals surface area contributed by atoms with Gasteiger partial charge in [-0.05, 0) is 47.4 Å². The molecule has 3 rings (SSSR count). The van der Waals surface area contributed by atoms with E-state index >= 15 is 0 Å². The fraction of sp³-hybridized carbons (Fsp3) is 0.727. The van der Waals surface area contributed by atoms with Crippen molar-refractivity contribution in [2.24, 2.45) is 0 Å². The standard InChI is InChI=1S/C11H15BrN2S/c12-10-9-3-1-2-5-14(9)11(13-10)8-4-6-15-7-8/h8H,1-7H2. The number of hydrogen-bond acceptors (Lipinski definition) is 2. The fourth-order valence-corrected chi connectivity index (χ4v) is 4.39. The third kappa shape index (κ3) is 1.76. The van der Waals surface area contributed by atoms with Gasteiger partial charge in [-0.2, -0.15) is 11.8 Å². The first kappa shape index (κ1) is 10.2. The third-order valence-electron chi connectivity index (χ3n) is 3.39. The van der Waals surface area contributed by atoms with E-state index in [4.69, 9.17) is 4.98 Å². The fourth-order valence-electron chi connectivity index (χ4n) is 2.57. The number of fused-ring (bicyclic) bond motifs is 1. The Hall–Kier alpha value is 0.0400. The van der Waals surface area contributed by atoms with Gasteiger partial charge in [0.2, 0.25) is 0 Å². The third-order valence-corrected chi connectivity index (χ3v) is 5.19. The highest BCUT2D eigenvalue weighted by molar-refractivity contribution is 9.10. The van der Waals surface area contributed by atoms with Gasteiger partial charge in [0, 0.05) is 18.2 Å². The van der Waals surface area contributed by atoms with Crippen molar-refractivity contribution in [3.63, 3.8) is 0 Å². The molecule has 0 amide bonds. The molecule has 0 bridgehead atoms. The maximum atomic E-state index is 4.74. The van der Waals surface area contributed by atoms with Crippen molar-refractivity contribution >= 4 is 27.7 Å². The van der Waals surface area contributed by atoms with Gasteiger partial charge in [0.05, 0.1) is 5.69 Å². The summed E-state index contributed by atoms with van der Waals surface area (Å²) in [7, 11) is 0. The molecule has 2 nitrogen and oxygen atoms in total. The first-order chi connectivity index (χ1) is 7.36. The molecule has 0 spiro atoms. The Bertz CT molecular complexity index is 369. The van der Waals surface area contributed by atoms with Gasteiger partial charge < -0.3 is 4.57 Å². The summed E-state index contributed by atoms with van der Waals surface area (Å²) < 4.78 is 3.58. The predicted octanol–water partition coefficient (Wildman–Crippen LogP) is 3.20. The Morgan fingerprint density at radius 2 is 2.33 bits per heavy atom. The molecule has 1 fully saturated rings. The molecule has 82 valence electrons. The van der Waals surface area contributed by atoms with Gasteiger partial charge >= 0.3 is 0 Å². The van der Waals surface area contributed by atoms with Crippen molar-refractivity contribution in [3.05, 3.63) is 16.1 Å². The largest absolute Gasteiger partial charge is 0.331 e. The van der Waals surface area contributed by atoms with E-state index in [9.17, 15) is 0 Å². The zero-order valence-corrected chi connectivity index (χ0v) is 11.1. The molecule has 2 aliphatic rings. The summed E-state index contributed by atoms with van der Waals surface area (Å²) in [5.74, 6) is 4.63. The van der Waals surface area contributed by atoms with E-state index < -0.39 is 0 Å². The van der Waals surface area contributed by atoms with Gasteiger partial charge in [0.1, 0.15) is 10.4 Å². The summed E-state index contributed by atoms with van der Waals surface area (Å²) in [5.41, 5.74) is 1.44. The topological polar surface area (TPSA) is 17.8 Å². The van der Waals surface area contributed by atoms with Crippen LogP contribution >= 0.6 is 27.7 Å². The minimum absolute atomic E-state index is 0.707. The smallest absolute Gasteiger partial charge is 0.127 e. The highest BCUT2D eigenvalue weighted by atomic mass is 79.9. The lowest BCUT2D eigenvalue weighted by Crippen LogP contribution is -2.15. The lowest BCUT2D eigenvalue weighted by atomic mass is 10.1. The molecular weight excluding hydrogens is 272 g/mol. The summed E-state index contributed by atoms with van der Waals surface area (Å²) >= 11 is 5.68. The number of nitrogens with zero attached hydrogens (tertiary/aromatic N) is 2. The Labute approximate surface area is 103 Å². The van der Waals surface area contributed by atoms with Crippen molar-refractivity contribution < 1.29 is 0 Å². The molecule has 1 atom stereocenters. The first-order valence-corrected chi connectivity index (χ1v) is 7.63.